The maximum atomic E-state index is 13.7. The number of fused-ring (bicyclic) bond motifs is 1. The SMILES string of the molecule is Fc1ccc2nc(-c3ccccc3)c(-c3ccccc3)n2c1. The molecular weight excluding hydrogens is 275 g/mol. The summed E-state index contributed by atoms with van der Waals surface area (Å²) in [5.41, 5.74) is 4.53. The maximum absolute atomic E-state index is 13.7. The van der Waals surface area contributed by atoms with Crippen molar-refractivity contribution in [2.24, 2.45) is 0 Å². The van der Waals surface area contributed by atoms with E-state index >= 15 is 0 Å². The third-order valence-corrected chi connectivity index (χ3v) is 3.68. The van der Waals surface area contributed by atoms with Crippen LogP contribution in [0, 0.1) is 5.82 Å². The van der Waals surface area contributed by atoms with E-state index in [0.717, 1.165) is 28.2 Å². The lowest BCUT2D eigenvalue weighted by molar-refractivity contribution is 0.619. The summed E-state index contributed by atoms with van der Waals surface area (Å²) in [6.07, 6.45) is 1.48. The van der Waals surface area contributed by atoms with Crippen molar-refractivity contribution in [3.05, 3.63) is 84.8 Å². The van der Waals surface area contributed by atoms with Gasteiger partial charge in [0.2, 0.25) is 0 Å². The molecule has 2 aromatic heterocycles. The van der Waals surface area contributed by atoms with Gasteiger partial charge in [0.1, 0.15) is 11.5 Å². The van der Waals surface area contributed by atoms with Crippen LogP contribution in [0.1, 0.15) is 0 Å². The first-order valence-electron chi connectivity index (χ1n) is 7.11. The van der Waals surface area contributed by atoms with Crippen LogP contribution in [-0.2, 0) is 0 Å². The summed E-state index contributed by atoms with van der Waals surface area (Å²) in [5.74, 6) is -0.276. The van der Waals surface area contributed by atoms with Gasteiger partial charge >= 0.3 is 0 Å². The van der Waals surface area contributed by atoms with Gasteiger partial charge in [-0.2, -0.15) is 0 Å². The molecule has 106 valence electrons. The highest BCUT2D eigenvalue weighted by Crippen LogP contribution is 2.32. The van der Waals surface area contributed by atoms with Gasteiger partial charge in [-0.25, -0.2) is 9.37 Å². The second-order valence-electron chi connectivity index (χ2n) is 5.12. The lowest BCUT2D eigenvalue weighted by Gasteiger charge is -2.05. The van der Waals surface area contributed by atoms with E-state index < -0.39 is 0 Å². The van der Waals surface area contributed by atoms with Gasteiger partial charge in [-0.3, -0.25) is 4.40 Å². The fourth-order valence-electron chi connectivity index (χ4n) is 2.69. The van der Waals surface area contributed by atoms with Gasteiger partial charge < -0.3 is 0 Å². The van der Waals surface area contributed by atoms with Crippen molar-refractivity contribution in [1.82, 2.24) is 9.38 Å². The first-order chi connectivity index (χ1) is 10.8. The number of aromatic nitrogens is 2. The Morgan fingerprint density at radius 3 is 2.05 bits per heavy atom. The van der Waals surface area contributed by atoms with Gasteiger partial charge in [-0.1, -0.05) is 60.7 Å². The third kappa shape index (κ3) is 2.07. The fraction of sp³-hybridized carbons (Fsp3) is 0. The van der Waals surface area contributed by atoms with Crippen LogP contribution >= 0.6 is 0 Å². The van der Waals surface area contributed by atoms with Crippen molar-refractivity contribution in [3.8, 4) is 22.5 Å². The first-order valence-corrected chi connectivity index (χ1v) is 7.11. The summed E-state index contributed by atoms with van der Waals surface area (Å²) in [5, 5.41) is 0. The predicted molar refractivity (Wildman–Crippen MR) is 86.0 cm³/mol. The predicted octanol–water partition coefficient (Wildman–Crippen LogP) is 4.81. The Morgan fingerprint density at radius 1 is 0.727 bits per heavy atom. The highest BCUT2D eigenvalue weighted by molar-refractivity contribution is 5.81. The van der Waals surface area contributed by atoms with Gasteiger partial charge in [0.25, 0.3) is 0 Å². The molecule has 0 aliphatic rings. The molecule has 2 heterocycles. The molecule has 0 aliphatic carbocycles. The highest BCUT2D eigenvalue weighted by Gasteiger charge is 2.15. The molecule has 0 atom stereocenters. The Hall–Kier alpha value is -2.94. The van der Waals surface area contributed by atoms with Gasteiger partial charge in [0, 0.05) is 17.3 Å². The molecule has 3 heteroatoms. The number of halogens is 1. The van der Waals surface area contributed by atoms with Crippen molar-refractivity contribution < 1.29 is 4.39 Å². The average Bonchev–Trinajstić information content (AvgIpc) is 2.95. The molecule has 0 radical (unpaired) electrons. The highest BCUT2D eigenvalue weighted by atomic mass is 19.1. The van der Waals surface area contributed by atoms with Gasteiger partial charge in [0.15, 0.2) is 0 Å². The molecule has 0 unspecified atom stereocenters. The summed E-state index contributed by atoms with van der Waals surface area (Å²) in [6.45, 7) is 0. The number of hydrogen-bond acceptors (Lipinski definition) is 1. The molecule has 0 N–H and O–H groups in total. The standard InChI is InChI=1S/C19H13FN2/c20-16-11-12-17-21-18(14-7-3-1-4-8-14)19(22(17)13-16)15-9-5-2-6-10-15/h1-13H. The zero-order valence-electron chi connectivity index (χ0n) is 11.8. The Bertz CT molecular complexity index is 928. The molecule has 0 spiro atoms. The monoisotopic (exact) mass is 288 g/mol. The van der Waals surface area contributed by atoms with Crippen molar-refractivity contribution >= 4 is 5.65 Å². The van der Waals surface area contributed by atoms with Crippen LogP contribution in [0.15, 0.2) is 79.0 Å². The minimum absolute atomic E-state index is 0.276. The largest absolute Gasteiger partial charge is 0.296 e. The molecule has 0 aliphatic heterocycles. The average molecular weight is 288 g/mol. The second kappa shape index (κ2) is 5.11. The molecule has 4 rings (SSSR count). The second-order valence-corrected chi connectivity index (χ2v) is 5.12. The summed E-state index contributed by atoms with van der Waals surface area (Å²) < 4.78 is 15.5. The lowest BCUT2D eigenvalue weighted by atomic mass is 10.1. The quantitative estimate of drug-likeness (QED) is 0.517. The summed E-state index contributed by atoms with van der Waals surface area (Å²) in [7, 11) is 0. The molecule has 0 saturated carbocycles. The van der Waals surface area contributed by atoms with Crippen LogP contribution in [0.4, 0.5) is 4.39 Å². The van der Waals surface area contributed by atoms with Crippen LogP contribution in [0.5, 0.6) is 0 Å². The van der Waals surface area contributed by atoms with E-state index in [2.05, 4.69) is 0 Å². The van der Waals surface area contributed by atoms with Crippen molar-refractivity contribution in [2.45, 2.75) is 0 Å². The van der Waals surface area contributed by atoms with E-state index in [-0.39, 0.29) is 5.82 Å². The number of hydrogen-bond donors (Lipinski definition) is 0. The number of nitrogens with zero attached hydrogens (tertiary/aromatic N) is 2. The minimum Gasteiger partial charge on any atom is -0.296 e. The van der Waals surface area contributed by atoms with E-state index in [1.807, 2.05) is 65.1 Å². The van der Waals surface area contributed by atoms with E-state index in [4.69, 9.17) is 4.98 Å². The maximum Gasteiger partial charge on any atom is 0.139 e. The van der Waals surface area contributed by atoms with Crippen LogP contribution in [-0.4, -0.2) is 9.38 Å². The van der Waals surface area contributed by atoms with E-state index in [1.165, 1.54) is 12.3 Å². The van der Waals surface area contributed by atoms with E-state index in [0.29, 0.717) is 0 Å². The first kappa shape index (κ1) is 12.8. The molecule has 2 nitrogen and oxygen atoms in total. The molecule has 22 heavy (non-hydrogen) atoms. The number of imidazole rings is 1. The summed E-state index contributed by atoms with van der Waals surface area (Å²) in [4.78, 5) is 4.70. The summed E-state index contributed by atoms with van der Waals surface area (Å²) >= 11 is 0. The van der Waals surface area contributed by atoms with Crippen LogP contribution in [0.25, 0.3) is 28.2 Å². The zero-order valence-corrected chi connectivity index (χ0v) is 11.8. The number of rotatable bonds is 2. The van der Waals surface area contributed by atoms with E-state index in [1.54, 1.807) is 6.07 Å². The van der Waals surface area contributed by atoms with Crippen molar-refractivity contribution in [3.63, 3.8) is 0 Å². The fourth-order valence-corrected chi connectivity index (χ4v) is 2.69. The number of benzene rings is 2. The van der Waals surface area contributed by atoms with Crippen LogP contribution < -0.4 is 0 Å². The zero-order chi connectivity index (χ0) is 14.9. The molecular formula is C19H13FN2. The Labute approximate surface area is 127 Å². The Kier molecular flexibility index (Phi) is 2.97. The molecule has 0 saturated heterocycles. The van der Waals surface area contributed by atoms with Gasteiger partial charge in [-0.05, 0) is 12.1 Å². The van der Waals surface area contributed by atoms with E-state index in [9.17, 15) is 4.39 Å². The van der Waals surface area contributed by atoms with Crippen molar-refractivity contribution in [2.75, 3.05) is 0 Å². The topological polar surface area (TPSA) is 17.3 Å². The third-order valence-electron chi connectivity index (χ3n) is 3.68. The Morgan fingerprint density at radius 2 is 1.36 bits per heavy atom. The smallest absolute Gasteiger partial charge is 0.139 e. The van der Waals surface area contributed by atoms with Crippen molar-refractivity contribution in [1.29, 1.82) is 0 Å². The molecule has 0 fully saturated rings. The summed E-state index contributed by atoms with van der Waals surface area (Å²) in [6, 6.07) is 23.1. The lowest BCUT2D eigenvalue weighted by Crippen LogP contribution is -1.90. The molecule has 0 bridgehead atoms. The minimum atomic E-state index is -0.276. The van der Waals surface area contributed by atoms with Gasteiger partial charge in [0.05, 0.1) is 11.4 Å². The van der Waals surface area contributed by atoms with Crippen LogP contribution in [0.3, 0.4) is 0 Å². The molecule has 0 amide bonds. The van der Waals surface area contributed by atoms with Crippen LogP contribution in [0.2, 0.25) is 0 Å². The Balaban J connectivity index is 2.08. The number of pyridine rings is 1. The molecule has 4 aromatic rings. The van der Waals surface area contributed by atoms with Gasteiger partial charge in [-0.15, -0.1) is 0 Å². The molecule has 2 aromatic carbocycles. The normalized spacial score (nSPS) is 11.0.